The molecule has 1 aromatic heterocycles. The fraction of sp³-hybridized carbons (Fsp3) is 0.514. The number of aliphatic hydroxyl groups excluding tert-OH is 1. The number of benzene rings is 2. The first-order chi connectivity index (χ1) is 19.0. The Labute approximate surface area is 262 Å². The van der Waals surface area contributed by atoms with Crippen LogP contribution in [0.25, 0.3) is 22.2 Å². The van der Waals surface area contributed by atoms with Crippen LogP contribution in [0.3, 0.4) is 0 Å². The summed E-state index contributed by atoms with van der Waals surface area (Å²) in [6.07, 6.45) is 10.6. The molecule has 1 radical (unpaired) electrons. The van der Waals surface area contributed by atoms with E-state index >= 15 is 0 Å². The zero-order valence-electron chi connectivity index (χ0n) is 26.2. The Bertz CT molecular complexity index is 1270. The molecule has 4 rings (SSSR count). The van der Waals surface area contributed by atoms with Crippen molar-refractivity contribution in [3.8, 4) is 11.3 Å². The molecule has 1 fully saturated rings. The molecule has 1 N–H and O–H groups in total. The van der Waals surface area contributed by atoms with Gasteiger partial charge in [-0.25, -0.2) is 0 Å². The van der Waals surface area contributed by atoms with E-state index < -0.39 is 0 Å². The molecule has 0 bridgehead atoms. The van der Waals surface area contributed by atoms with E-state index in [-0.39, 0.29) is 31.6 Å². The van der Waals surface area contributed by atoms with Gasteiger partial charge in [-0.15, -0.1) is 34.9 Å². The summed E-state index contributed by atoms with van der Waals surface area (Å²) in [5.41, 5.74) is 7.18. The van der Waals surface area contributed by atoms with E-state index in [1.807, 2.05) is 27.7 Å². The molecular weight excluding hydrogens is 683 g/mol. The van der Waals surface area contributed by atoms with E-state index in [4.69, 9.17) is 4.98 Å². The second-order valence-corrected chi connectivity index (χ2v) is 12.7. The van der Waals surface area contributed by atoms with E-state index in [9.17, 15) is 9.90 Å². The van der Waals surface area contributed by atoms with Gasteiger partial charge in [0.15, 0.2) is 5.78 Å². The van der Waals surface area contributed by atoms with E-state index in [1.54, 1.807) is 0 Å². The summed E-state index contributed by atoms with van der Waals surface area (Å²) in [7, 11) is 0. The fourth-order valence-electron chi connectivity index (χ4n) is 6.01. The SMILES string of the molecule is CC(C)CC(=O)/C=C(\O)CC(C)C.CCCC1CCC(c2cccc3nc(-c4[c-]c(C)cc(C)c4)ccc23)CC1.[Ir]. The summed E-state index contributed by atoms with van der Waals surface area (Å²) >= 11 is 0. The van der Waals surface area contributed by atoms with Gasteiger partial charge in [-0.3, -0.25) is 9.78 Å². The third kappa shape index (κ3) is 11.1. The average molecular weight is 733 g/mol. The van der Waals surface area contributed by atoms with Gasteiger partial charge in [0.2, 0.25) is 0 Å². The van der Waals surface area contributed by atoms with Gasteiger partial charge in [0.05, 0.1) is 11.3 Å². The predicted molar refractivity (Wildman–Crippen MR) is 170 cm³/mol. The summed E-state index contributed by atoms with van der Waals surface area (Å²) in [5, 5.41) is 10.7. The predicted octanol–water partition coefficient (Wildman–Crippen LogP) is 10.5. The van der Waals surface area contributed by atoms with Crippen molar-refractivity contribution in [3.63, 3.8) is 0 Å². The standard InChI is InChI=1S/C26H30N.C11H20O2.Ir/c1-4-6-20-9-11-21(12-10-20)23-7-5-8-26-24(23)13-14-25(27-26)22-16-18(2)15-19(3)17-22;1-8(2)5-10(12)7-11(13)6-9(3)4;/h5,7-8,13-16,20-21H,4,6,9-12H2,1-3H3;7-9,12H,5-6H2,1-4H3;/q-1;;/b;10-7-;. The molecule has 0 amide bonds. The molecule has 4 heteroatoms. The molecule has 3 aromatic rings. The van der Waals surface area contributed by atoms with Crippen molar-refractivity contribution in [2.24, 2.45) is 17.8 Å². The number of hydrogen-bond donors (Lipinski definition) is 1. The monoisotopic (exact) mass is 733 g/mol. The van der Waals surface area contributed by atoms with Crippen LogP contribution in [-0.4, -0.2) is 15.9 Å². The van der Waals surface area contributed by atoms with E-state index in [0.717, 1.165) is 22.7 Å². The normalized spacial score (nSPS) is 17.2. The number of aliphatic hydroxyl groups is 1. The summed E-state index contributed by atoms with van der Waals surface area (Å²) < 4.78 is 0. The maximum Gasteiger partial charge on any atom is 0.159 e. The molecule has 0 spiro atoms. The minimum atomic E-state index is 0. The Balaban J connectivity index is 0.000000360. The van der Waals surface area contributed by atoms with Crippen molar-refractivity contribution >= 4 is 16.7 Å². The average Bonchev–Trinajstić information content (AvgIpc) is 2.87. The van der Waals surface area contributed by atoms with Crippen molar-refractivity contribution in [2.45, 2.75) is 106 Å². The summed E-state index contributed by atoms with van der Waals surface area (Å²) in [5.74, 6) is 2.63. The number of ketones is 1. The quantitative estimate of drug-likeness (QED) is 0.135. The van der Waals surface area contributed by atoms with Gasteiger partial charge in [-0.2, -0.15) is 0 Å². The van der Waals surface area contributed by atoms with Crippen molar-refractivity contribution < 1.29 is 30.0 Å². The maximum atomic E-state index is 11.2. The van der Waals surface area contributed by atoms with Crippen LogP contribution in [0.15, 0.2) is 54.3 Å². The zero-order valence-corrected chi connectivity index (χ0v) is 28.6. The van der Waals surface area contributed by atoms with Crippen LogP contribution in [0.5, 0.6) is 0 Å². The fourth-order valence-corrected chi connectivity index (χ4v) is 6.01. The van der Waals surface area contributed by atoms with Crippen LogP contribution in [0.1, 0.15) is 109 Å². The Morgan fingerprint density at radius 1 is 1.00 bits per heavy atom. The molecule has 3 nitrogen and oxygen atoms in total. The van der Waals surface area contributed by atoms with Crippen LogP contribution >= 0.6 is 0 Å². The molecule has 225 valence electrons. The Kier molecular flexibility index (Phi) is 14.5. The first-order valence-corrected chi connectivity index (χ1v) is 15.4. The molecule has 0 saturated heterocycles. The molecular formula is C37H50IrNO2-. The number of carbonyl (C=O) groups is 1. The molecule has 41 heavy (non-hydrogen) atoms. The van der Waals surface area contributed by atoms with Gasteiger partial charge < -0.3 is 5.11 Å². The summed E-state index contributed by atoms with van der Waals surface area (Å²) in [6.45, 7) is 14.6. The molecule has 0 unspecified atom stereocenters. The van der Waals surface area contributed by atoms with Crippen molar-refractivity contribution in [1.82, 2.24) is 4.98 Å². The van der Waals surface area contributed by atoms with Crippen molar-refractivity contribution in [2.75, 3.05) is 0 Å². The summed E-state index contributed by atoms with van der Waals surface area (Å²) in [4.78, 5) is 16.2. The molecule has 0 aliphatic heterocycles. The van der Waals surface area contributed by atoms with Gasteiger partial charge in [0.1, 0.15) is 0 Å². The van der Waals surface area contributed by atoms with E-state index in [1.165, 1.54) is 66.7 Å². The number of carbonyl (C=O) groups excluding carboxylic acids is 1. The Morgan fingerprint density at radius 3 is 2.29 bits per heavy atom. The van der Waals surface area contributed by atoms with Gasteiger partial charge in [0, 0.05) is 44.4 Å². The van der Waals surface area contributed by atoms with Crippen LogP contribution in [0.4, 0.5) is 0 Å². The number of aromatic nitrogens is 1. The number of aryl methyl sites for hydroxylation is 2. The number of nitrogens with zero attached hydrogens (tertiary/aromatic N) is 1. The zero-order chi connectivity index (χ0) is 29.2. The Morgan fingerprint density at radius 2 is 1.68 bits per heavy atom. The molecule has 1 saturated carbocycles. The minimum absolute atomic E-state index is 0. The molecule has 1 aliphatic carbocycles. The number of allylic oxidation sites excluding steroid dienone is 2. The van der Waals surface area contributed by atoms with Crippen molar-refractivity contribution in [1.29, 1.82) is 0 Å². The molecule has 1 aliphatic rings. The molecule has 2 aromatic carbocycles. The van der Waals surface area contributed by atoms with Gasteiger partial charge in [-0.1, -0.05) is 85.6 Å². The van der Waals surface area contributed by atoms with E-state index in [2.05, 4.69) is 69.3 Å². The van der Waals surface area contributed by atoms with Gasteiger partial charge in [-0.05, 0) is 66.7 Å². The smallest absolute Gasteiger partial charge is 0.159 e. The van der Waals surface area contributed by atoms with Crippen molar-refractivity contribution in [3.05, 3.63) is 77.1 Å². The van der Waals surface area contributed by atoms with Crippen LogP contribution < -0.4 is 0 Å². The topological polar surface area (TPSA) is 50.2 Å². The second-order valence-electron chi connectivity index (χ2n) is 12.7. The first-order valence-electron chi connectivity index (χ1n) is 15.4. The first kappa shape index (κ1) is 34.9. The Hall–Kier alpha value is -2.29. The summed E-state index contributed by atoms with van der Waals surface area (Å²) in [6, 6.07) is 19.0. The van der Waals surface area contributed by atoms with Crippen LogP contribution in [-0.2, 0) is 24.9 Å². The number of fused-ring (bicyclic) bond motifs is 1. The number of rotatable bonds is 9. The number of hydrogen-bond acceptors (Lipinski definition) is 3. The molecule has 1 heterocycles. The van der Waals surface area contributed by atoms with Crippen LogP contribution in [0.2, 0.25) is 0 Å². The third-order valence-electron chi connectivity index (χ3n) is 7.73. The number of pyridine rings is 1. The van der Waals surface area contributed by atoms with Gasteiger partial charge >= 0.3 is 0 Å². The third-order valence-corrected chi connectivity index (χ3v) is 7.73. The van der Waals surface area contributed by atoms with E-state index in [0.29, 0.717) is 30.6 Å². The largest absolute Gasteiger partial charge is 0.512 e. The molecule has 0 atom stereocenters. The maximum absolute atomic E-state index is 11.2. The second kappa shape index (κ2) is 17.0. The van der Waals surface area contributed by atoms with Gasteiger partial charge in [0.25, 0.3) is 0 Å². The minimum Gasteiger partial charge on any atom is -0.512 e. The van der Waals surface area contributed by atoms with Crippen LogP contribution in [0, 0.1) is 37.7 Å².